The molecule has 0 radical (unpaired) electrons. The van der Waals surface area contributed by atoms with Gasteiger partial charge < -0.3 is 15.5 Å². The van der Waals surface area contributed by atoms with Gasteiger partial charge in [-0.15, -0.1) is 23.1 Å². The molecule has 2 aromatic rings. The Morgan fingerprint density at radius 1 is 1.14 bits per heavy atom. The van der Waals surface area contributed by atoms with Crippen LogP contribution in [0.5, 0.6) is 0 Å². The Morgan fingerprint density at radius 2 is 1.93 bits per heavy atom. The summed E-state index contributed by atoms with van der Waals surface area (Å²) in [6.45, 7) is 1.55. The highest BCUT2D eigenvalue weighted by Gasteiger charge is 2.37. The average molecular weight is 416 g/mol. The number of amides is 3. The van der Waals surface area contributed by atoms with E-state index in [1.165, 1.54) is 11.8 Å². The van der Waals surface area contributed by atoms with Gasteiger partial charge >= 0.3 is 0 Å². The fourth-order valence-electron chi connectivity index (χ4n) is 3.47. The minimum atomic E-state index is -0.765. The SMILES string of the molecule is O=C(NCc1cccs1)C1CCN(C(=O)[C@@H]2Sc3ccccc3NC2=O)CC1. The van der Waals surface area contributed by atoms with Gasteiger partial charge in [-0.1, -0.05) is 18.2 Å². The lowest BCUT2D eigenvalue weighted by molar-refractivity contribution is -0.137. The Hall–Kier alpha value is -2.32. The van der Waals surface area contributed by atoms with E-state index >= 15 is 0 Å². The molecule has 3 heterocycles. The molecule has 1 aromatic heterocycles. The number of anilines is 1. The number of nitrogens with one attached hydrogen (secondary N) is 2. The van der Waals surface area contributed by atoms with Crippen LogP contribution in [0.4, 0.5) is 5.69 Å². The second-order valence-electron chi connectivity index (χ2n) is 6.88. The first-order valence-electron chi connectivity index (χ1n) is 9.27. The maximum absolute atomic E-state index is 12.9. The number of nitrogens with zero attached hydrogens (tertiary/aromatic N) is 1. The molecule has 1 fully saturated rings. The van der Waals surface area contributed by atoms with E-state index < -0.39 is 5.25 Å². The number of thioether (sulfide) groups is 1. The molecule has 8 heteroatoms. The Balaban J connectivity index is 1.30. The second kappa shape index (κ2) is 8.36. The largest absolute Gasteiger partial charge is 0.351 e. The van der Waals surface area contributed by atoms with Gasteiger partial charge in [0.1, 0.15) is 0 Å². The van der Waals surface area contributed by atoms with Crippen LogP contribution in [-0.4, -0.2) is 41.0 Å². The molecule has 4 rings (SSSR count). The zero-order valence-electron chi connectivity index (χ0n) is 15.2. The summed E-state index contributed by atoms with van der Waals surface area (Å²) in [5, 5.41) is 7.02. The first-order valence-corrected chi connectivity index (χ1v) is 11.0. The van der Waals surface area contributed by atoms with Crippen molar-refractivity contribution < 1.29 is 14.4 Å². The molecule has 1 saturated heterocycles. The summed E-state index contributed by atoms with van der Waals surface area (Å²) in [6, 6.07) is 11.5. The van der Waals surface area contributed by atoms with E-state index in [-0.39, 0.29) is 23.6 Å². The lowest BCUT2D eigenvalue weighted by Crippen LogP contribution is -2.49. The molecule has 146 valence electrons. The highest BCUT2D eigenvalue weighted by atomic mass is 32.2. The fourth-order valence-corrected chi connectivity index (χ4v) is 5.19. The van der Waals surface area contributed by atoms with Crippen molar-refractivity contribution in [2.75, 3.05) is 18.4 Å². The first kappa shape index (κ1) is 19.0. The van der Waals surface area contributed by atoms with Crippen molar-refractivity contribution in [1.82, 2.24) is 10.2 Å². The van der Waals surface area contributed by atoms with Crippen LogP contribution in [0.1, 0.15) is 17.7 Å². The van der Waals surface area contributed by atoms with Gasteiger partial charge in [0.15, 0.2) is 5.25 Å². The van der Waals surface area contributed by atoms with E-state index in [0.717, 1.165) is 15.5 Å². The molecule has 2 aliphatic heterocycles. The molecular weight excluding hydrogens is 394 g/mol. The number of fused-ring (bicyclic) bond motifs is 1. The summed E-state index contributed by atoms with van der Waals surface area (Å²) < 4.78 is 0. The van der Waals surface area contributed by atoms with Crippen LogP contribution in [0.2, 0.25) is 0 Å². The summed E-state index contributed by atoms with van der Waals surface area (Å²) in [6.07, 6.45) is 1.25. The normalized spacial score (nSPS) is 19.6. The smallest absolute Gasteiger partial charge is 0.247 e. The van der Waals surface area contributed by atoms with Crippen molar-refractivity contribution in [3.05, 3.63) is 46.7 Å². The fraction of sp³-hybridized carbons (Fsp3) is 0.350. The Labute approximate surface area is 171 Å². The number of carbonyl (C=O) groups is 3. The van der Waals surface area contributed by atoms with Gasteiger partial charge in [0, 0.05) is 28.8 Å². The zero-order valence-corrected chi connectivity index (χ0v) is 16.9. The van der Waals surface area contributed by atoms with Gasteiger partial charge in [0.2, 0.25) is 17.7 Å². The lowest BCUT2D eigenvalue weighted by atomic mass is 9.95. The van der Waals surface area contributed by atoms with Crippen molar-refractivity contribution in [1.29, 1.82) is 0 Å². The predicted molar refractivity (Wildman–Crippen MR) is 110 cm³/mol. The number of carbonyl (C=O) groups excluding carboxylic acids is 3. The number of benzene rings is 1. The van der Waals surface area contributed by atoms with Crippen LogP contribution in [0.3, 0.4) is 0 Å². The summed E-state index contributed by atoms with van der Waals surface area (Å²) in [5.41, 5.74) is 0.752. The van der Waals surface area contributed by atoms with E-state index in [1.54, 1.807) is 16.2 Å². The molecule has 0 spiro atoms. The third kappa shape index (κ3) is 4.07. The minimum absolute atomic E-state index is 0.0409. The quantitative estimate of drug-likeness (QED) is 0.753. The van der Waals surface area contributed by atoms with E-state index in [1.807, 2.05) is 41.8 Å². The van der Waals surface area contributed by atoms with Crippen LogP contribution in [0, 0.1) is 5.92 Å². The molecular formula is C20H21N3O3S2. The molecule has 6 nitrogen and oxygen atoms in total. The van der Waals surface area contributed by atoms with E-state index in [0.29, 0.717) is 32.5 Å². The molecule has 0 bridgehead atoms. The maximum atomic E-state index is 12.9. The summed E-state index contributed by atoms with van der Waals surface area (Å²) in [5.74, 6) is -0.490. The summed E-state index contributed by atoms with van der Waals surface area (Å²) >= 11 is 2.92. The number of likely N-dealkylation sites (tertiary alicyclic amines) is 1. The number of rotatable bonds is 4. The average Bonchev–Trinajstić information content (AvgIpc) is 3.25. The number of hydrogen-bond acceptors (Lipinski definition) is 5. The first-order chi connectivity index (χ1) is 13.6. The lowest BCUT2D eigenvalue weighted by Gasteiger charge is -2.34. The summed E-state index contributed by atoms with van der Waals surface area (Å²) in [7, 11) is 0. The van der Waals surface area contributed by atoms with Crippen LogP contribution in [0.15, 0.2) is 46.7 Å². The van der Waals surface area contributed by atoms with Crippen molar-refractivity contribution >= 4 is 46.5 Å². The third-order valence-corrected chi connectivity index (χ3v) is 7.18. The molecule has 0 aliphatic carbocycles. The van der Waals surface area contributed by atoms with Gasteiger partial charge in [0.05, 0.1) is 12.2 Å². The van der Waals surface area contributed by atoms with Crippen LogP contribution < -0.4 is 10.6 Å². The standard InChI is InChI=1S/C20H21N3O3S2/c24-18(21-12-14-4-3-11-27-14)13-7-9-23(10-8-13)20(26)17-19(25)22-15-5-1-2-6-16(15)28-17/h1-6,11,13,17H,7-10,12H2,(H,21,24)(H,22,25)/t17-/m1/s1. The van der Waals surface area contributed by atoms with Gasteiger partial charge in [0.25, 0.3) is 0 Å². The highest BCUT2D eigenvalue weighted by Crippen LogP contribution is 2.36. The number of thiophene rings is 1. The van der Waals surface area contributed by atoms with Crippen LogP contribution in [0.25, 0.3) is 0 Å². The minimum Gasteiger partial charge on any atom is -0.351 e. The number of para-hydroxylation sites is 1. The Bertz CT molecular complexity index is 877. The molecule has 0 saturated carbocycles. The Kier molecular flexibility index (Phi) is 5.68. The van der Waals surface area contributed by atoms with Crippen molar-refractivity contribution in [3.63, 3.8) is 0 Å². The number of piperidine rings is 1. The highest BCUT2D eigenvalue weighted by molar-refractivity contribution is 8.01. The Morgan fingerprint density at radius 3 is 2.68 bits per heavy atom. The molecule has 0 unspecified atom stereocenters. The molecule has 1 aromatic carbocycles. The monoisotopic (exact) mass is 415 g/mol. The van der Waals surface area contributed by atoms with E-state index in [2.05, 4.69) is 10.6 Å². The van der Waals surface area contributed by atoms with E-state index in [4.69, 9.17) is 0 Å². The van der Waals surface area contributed by atoms with Gasteiger partial charge in [-0.25, -0.2) is 0 Å². The van der Waals surface area contributed by atoms with Gasteiger partial charge in [-0.3, -0.25) is 14.4 Å². The topological polar surface area (TPSA) is 78.5 Å². The molecule has 28 heavy (non-hydrogen) atoms. The molecule has 1 atom stereocenters. The van der Waals surface area contributed by atoms with E-state index in [9.17, 15) is 14.4 Å². The maximum Gasteiger partial charge on any atom is 0.247 e. The summed E-state index contributed by atoms with van der Waals surface area (Å²) in [4.78, 5) is 41.4. The van der Waals surface area contributed by atoms with Crippen molar-refractivity contribution in [2.24, 2.45) is 5.92 Å². The predicted octanol–water partition coefficient (Wildman–Crippen LogP) is 2.72. The second-order valence-corrected chi connectivity index (χ2v) is 9.06. The number of hydrogen-bond donors (Lipinski definition) is 2. The van der Waals surface area contributed by atoms with Gasteiger partial charge in [-0.05, 0) is 36.4 Å². The van der Waals surface area contributed by atoms with Crippen molar-refractivity contribution in [3.8, 4) is 0 Å². The van der Waals surface area contributed by atoms with Crippen LogP contribution in [-0.2, 0) is 20.9 Å². The zero-order chi connectivity index (χ0) is 19.5. The molecule has 2 aliphatic rings. The third-order valence-electron chi connectivity index (χ3n) is 5.05. The molecule has 2 N–H and O–H groups in total. The van der Waals surface area contributed by atoms with Gasteiger partial charge in [-0.2, -0.15) is 0 Å². The molecule has 3 amide bonds. The van der Waals surface area contributed by atoms with Crippen molar-refractivity contribution in [2.45, 2.75) is 29.5 Å². The van der Waals surface area contributed by atoms with Crippen LogP contribution >= 0.6 is 23.1 Å².